The fraction of sp³-hybridized carbons (Fsp3) is 0.882. The van der Waals surface area contributed by atoms with Crippen molar-refractivity contribution in [1.29, 1.82) is 0 Å². The molecule has 0 bridgehead atoms. The average molecular weight is 306 g/mol. The van der Waals surface area contributed by atoms with Crippen LogP contribution in [-0.4, -0.2) is 49.5 Å². The molecule has 0 aromatic rings. The van der Waals surface area contributed by atoms with Crippen molar-refractivity contribution in [2.75, 3.05) is 26.7 Å². The Bertz CT molecular complexity index is 452. The summed E-state index contributed by atoms with van der Waals surface area (Å²) < 4.78 is 0. The van der Waals surface area contributed by atoms with Gasteiger partial charge in [0.05, 0.1) is 0 Å². The molecule has 1 unspecified atom stereocenters. The maximum atomic E-state index is 12.0. The molecule has 1 aliphatic heterocycles. The lowest BCUT2D eigenvalue weighted by Crippen LogP contribution is -2.46. The molecule has 1 heterocycles. The number of likely N-dealkylation sites (tertiary alicyclic amines) is 1. The largest absolute Gasteiger partial charge is 0.356 e. The Morgan fingerprint density at radius 1 is 1.32 bits per heavy atom. The van der Waals surface area contributed by atoms with Crippen molar-refractivity contribution in [2.45, 2.75) is 52.0 Å². The highest BCUT2D eigenvalue weighted by Gasteiger charge is 2.53. The second kappa shape index (κ2) is 6.09. The van der Waals surface area contributed by atoms with Crippen molar-refractivity contribution >= 4 is 11.9 Å². The standard InChI is InChI=1S/C17H30N4O/c1-12(2)15(22)21-9-6-14(10-21)20-16(18-3)19-11-17(7-8-17)13-4-5-13/h12-14H,4-11H2,1-3H3,(H2,18,19,20). The van der Waals surface area contributed by atoms with E-state index in [2.05, 4.69) is 15.6 Å². The minimum Gasteiger partial charge on any atom is -0.356 e. The molecule has 2 saturated carbocycles. The van der Waals surface area contributed by atoms with Crippen molar-refractivity contribution in [3.8, 4) is 0 Å². The van der Waals surface area contributed by atoms with Crippen LogP contribution in [0.2, 0.25) is 0 Å². The van der Waals surface area contributed by atoms with Crippen molar-refractivity contribution in [2.24, 2.45) is 22.2 Å². The van der Waals surface area contributed by atoms with Gasteiger partial charge in [0.1, 0.15) is 0 Å². The van der Waals surface area contributed by atoms with E-state index in [1.54, 1.807) is 0 Å². The summed E-state index contributed by atoms with van der Waals surface area (Å²) in [5, 5.41) is 7.02. The van der Waals surface area contributed by atoms with Crippen LogP contribution in [0.15, 0.2) is 4.99 Å². The number of nitrogens with one attached hydrogen (secondary N) is 2. The van der Waals surface area contributed by atoms with Gasteiger partial charge in [-0.2, -0.15) is 0 Å². The van der Waals surface area contributed by atoms with Crippen LogP contribution in [0.1, 0.15) is 46.0 Å². The van der Waals surface area contributed by atoms with E-state index in [-0.39, 0.29) is 11.8 Å². The second-order valence-electron chi connectivity index (χ2n) is 7.63. The molecule has 1 saturated heterocycles. The van der Waals surface area contributed by atoms with Gasteiger partial charge in [0, 0.05) is 38.6 Å². The normalized spacial score (nSPS) is 27.2. The quantitative estimate of drug-likeness (QED) is 0.599. The molecule has 124 valence electrons. The van der Waals surface area contributed by atoms with Crippen LogP contribution in [0, 0.1) is 17.3 Å². The highest BCUT2D eigenvalue weighted by Crippen LogP contribution is 2.60. The molecule has 0 aromatic carbocycles. The van der Waals surface area contributed by atoms with Gasteiger partial charge in [-0.25, -0.2) is 0 Å². The highest BCUT2D eigenvalue weighted by atomic mass is 16.2. The van der Waals surface area contributed by atoms with Crippen LogP contribution in [0.4, 0.5) is 0 Å². The number of rotatable bonds is 5. The molecule has 2 aliphatic carbocycles. The molecule has 1 amide bonds. The van der Waals surface area contributed by atoms with Crippen LogP contribution in [0.3, 0.4) is 0 Å². The summed E-state index contributed by atoms with van der Waals surface area (Å²) in [6.45, 7) is 6.65. The summed E-state index contributed by atoms with van der Waals surface area (Å²) in [5.41, 5.74) is 0.576. The zero-order chi connectivity index (χ0) is 15.7. The lowest BCUT2D eigenvalue weighted by molar-refractivity contribution is -0.133. The number of hydrogen-bond acceptors (Lipinski definition) is 2. The number of guanidine groups is 1. The second-order valence-corrected chi connectivity index (χ2v) is 7.63. The van der Waals surface area contributed by atoms with Gasteiger partial charge in [-0.15, -0.1) is 0 Å². The summed E-state index contributed by atoms with van der Waals surface area (Å²) in [6.07, 6.45) is 6.60. The van der Waals surface area contributed by atoms with Gasteiger partial charge in [0.2, 0.25) is 5.91 Å². The summed E-state index contributed by atoms with van der Waals surface area (Å²) in [7, 11) is 1.83. The molecular formula is C17H30N4O. The third kappa shape index (κ3) is 3.39. The van der Waals surface area contributed by atoms with Crippen molar-refractivity contribution in [1.82, 2.24) is 15.5 Å². The Labute approximate surface area is 133 Å². The van der Waals surface area contributed by atoms with Crippen molar-refractivity contribution < 1.29 is 4.79 Å². The first kappa shape index (κ1) is 15.6. The molecule has 0 spiro atoms. The van der Waals surface area contributed by atoms with Gasteiger partial charge in [-0.05, 0) is 43.4 Å². The van der Waals surface area contributed by atoms with E-state index >= 15 is 0 Å². The Morgan fingerprint density at radius 3 is 2.59 bits per heavy atom. The smallest absolute Gasteiger partial charge is 0.225 e. The summed E-state index contributed by atoms with van der Waals surface area (Å²) in [4.78, 5) is 18.4. The Kier molecular flexibility index (Phi) is 4.33. The Hall–Kier alpha value is -1.26. The molecular weight excluding hydrogens is 276 g/mol. The first-order valence-corrected chi connectivity index (χ1v) is 8.80. The zero-order valence-electron chi connectivity index (χ0n) is 14.2. The molecule has 5 nitrogen and oxygen atoms in total. The molecule has 0 radical (unpaired) electrons. The van der Waals surface area contributed by atoms with E-state index in [0.29, 0.717) is 11.5 Å². The minimum atomic E-state index is 0.0875. The van der Waals surface area contributed by atoms with Gasteiger partial charge >= 0.3 is 0 Å². The molecule has 5 heteroatoms. The van der Waals surface area contributed by atoms with Gasteiger partial charge in [-0.1, -0.05) is 13.8 Å². The number of aliphatic imine (C=N–C) groups is 1. The third-order valence-corrected chi connectivity index (χ3v) is 5.50. The fourth-order valence-corrected chi connectivity index (χ4v) is 3.68. The van der Waals surface area contributed by atoms with E-state index in [4.69, 9.17) is 0 Å². The van der Waals surface area contributed by atoms with Crippen molar-refractivity contribution in [3.05, 3.63) is 0 Å². The predicted molar refractivity (Wildman–Crippen MR) is 88.7 cm³/mol. The summed E-state index contributed by atoms with van der Waals surface area (Å²) in [6, 6.07) is 0.324. The molecule has 3 aliphatic rings. The Balaban J connectivity index is 1.44. The maximum Gasteiger partial charge on any atom is 0.225 e. The SMILES string of the molecule is CN=C(NCC1(C2CC2)CC1)NC1CCN(C(=O)C(C)C)C1. The molecule has 3 fully saturated rings. The van der Waals surface area contributed by atoms with E-state index in [0.717, 1.165) is 37.9 Å². The van der Waals surface area contributed by atoms with E-state index in [1.165, 1.54) is 25.7 Å². The minimum absolute atomic E-state index is 0.0875. The number of nitrogens with zero attached hydrogens (tertiary/aromatic N) is 2. The van der Waals surface area contributed by atoms with Crippen LogP contribution in [-0.2, 0) is 4.79 Å². The number of carbonyl (C=O) groups excluding carboxylic acids is 1. The van der Waals surface area contributed by atoms with E-state index in [9.17, 15) is 4.79 Å². The monoisotopic (exact) mass is 306 g/mol. The molecule has 22 heavy (non-hydrogen) atoms. The van der Waals surface area contributed by atoms with Crippen LogP contribution in [0.25, 0.3) is 0 Å². The zero-order valence-corrected chi connectivity index (χ0v) is 14.2. The maximum absolute atomic E-state index is 12.0. The molecule has 3 rings (SSSR count). The first-order valence-electron chi connectivity index (χ1n) is 8.80. The van der Waals surface area contributed by atoms with Crippen LogP contribution in [0.5, 0.6) is 0 Å². The topological polar surface area (TPSA) is 56.7 Å². The van der Waals surface area contributed by atoms with E-state index < -0.39 is 0 Å². The van der Waals surface area contributed by atoms with Crippen molar-refractivity contribution in [3.63, 3.8) is 0 Å². The van der Waals surface area contributed by atoms with Gasteiger partial charge < -0.3 is 15.5 Å². The van der Waals surface area contributed by atoms with Gasteiger partial charge in [0.15, 0.2) is 5.96 Å². The third-order valence-electron chi connectivity index (χ3n) is 5.50. The van der Waals surface area contributed by atoms with Crippen LogP contribution < -0.4 is 10.6 Å². The first-order chi connectivity index (χ1) is 10.5. The lowest BCUT2D eigenvalue weighted by Gasteiger charge is -2.22. The molecule has 2 N–H and O–H groups in total. The fourth-order valence-electron chi connectivity index (χ4n) is 3.68. The number of amides is 1. The molecule has 1 atom stereocenters. The van der Waals surface area contributed by atoms with E-state index in [1.807, 2.05) is 25.8 Å². The summed E-state index contributed by atoms with van der Waals surface area (Å²) >= 11 is 0. The van der Waals surface area contributed by atoms with Gasteiger partial charge in [-0.3, -0.25) is 9.79 Å². The Morgan fingerprint density at radius 2 is 2.05 bits per heavy atom. The number of carbonyl (C=O) groups is 1. The molecule has 0 aromatic heterocycles. The van der Waals surface area contributed by atoms with Gasteiger partial charge in [0.25, 0.3) is 0 Å². The lowest BCUT2D eigenvalue weighted by atomic mass is 10.0. The van der Waals surface area contributed by atoms with Crippen LogP contribution >= 0.6 is 0 Å². The number of hydrogen-bond donors (Lipinski definition) is 2. The highest BCUT2D eigenvalue weighted by molar-refractivity contribution is 5.81. The predicted octanol–water partition coefficient (Wildman–Crippen LogP) is 1.60. The summed E-state index contributed by atoms with van der Waals surface area (Å²) in [5.74, 6) is 2.21. The average Bonchev–Trinajstić information content (AvgIpc) is 3.40.